The number of carbonyl (C=O) groups excluding carboxylic acids is 2. The summed E-state index contributed by atoms with van der Waals surface area (Å²) in [6, 6.07) is 0. The highest BCUT2D eigenvalue weighted by Gasteiger charge is 2.79. The van der Waals surface area contributed by atoms with Crippen LogP contribution in [0.2, 0.25) is 0 Å². The van der Waals surface area contributed by atoms with Crippen molar-refractivity contribution in [2.75, 3.05) is 40.1 Å². The first-order chi connectivity index (χ1) is 43.6. The molecule has 93 heavy (non-hydrogen) atoms. The number of hydrogen-bond acceptors (Lipinski definition) is 30. The minimum atomic E-state index is -5.32. The number of rotatable bonds is 21. The molecule has 0 aromatic rings. The average molecular weight is 1360 g/mol. The number of methoxy groups -OCH3 is 1. The van der Waals surface area contributed by atoms with Gasteiger partial charge in [0.25, 0.3) is 0 Å². The van der Waals surface area contributed by atoms with Crippen LogP contribution in [0.15, 0.2) is 23.8 Å². The van der Waals surface area contributed by atoms with E-state index in [4.69, 9.17) is 65.8 Å². The minimum Gasteiger partial charge on any atom is -0.462 e. The van der Waals surface area contributed by atoms with E-state index in [2.05, 4.69) is 26.5 Å². The van der Waals surface area contributed by atoms with E-state index in [1.165, 1.54) is 6.92 Å². The van der Waals surface area contributed by atoms with Crippen LogP contribution in [0, 0.1) is 39.4 Å². The Balaban J connectivity index is 0.925. The molecule has 0 amide bonds. The number of cyclic esters (lactones) is 1. The summed E-state index contributed by atoms with van der Waals surface area (Å²) in [6.45, 7) is 13.6. The summed E-state index contributed by atoms with van der Waals surface area (Å²) in [4.78, 5) is 27.6. The summed E-state index contributed by atoms with van der Waals surface area (Å²) in [5.41, 5.74) is -1.65. The van der Waals surface area contributed by atoms with E-state index in [0.717, 1.165) is 31.1 Å². The zero-order valence-electron chi connectivity index (χ0n) is 53.4. The topological polar surface area (TPSA) is 460 Å². The van der Waals surface area contributed by atoms with E-state index in [1.54, 1.807) is 0 Å². The fourth-order valence-electron chi connectivity index (χ4n) is 17.9. The van der Waals surface area contributed by atoms with Crippen LogP contribution in [0.5, 0.6) is 0 Å². The van der Waals surface area contributed by atoms with Crippen LogP contribution in [0.3, 0.4) is 0 Å². The highest BCUT2D eigenvalue weighted by atomic mass is 32.3. The number of aliphatic hydroxyl groups excluding tert-OH is 12. The van der Waals surface area contributed by atoms with Crippen LogP contribution < -0.4 is 0 Å². The van der Waals surface area contributed by atoms with Crippen LogP contribution in [-0.4, -0.2) is 285 Å². The van der Waals surface area contributed by atoms with Gasteiger partial charge in [0.1, 0.15) is 122 Å². The third-order valence-corrected chi connectivity index (χ3v) is 22.9. The molecule has 10 aliphatic rings. The second kappa shape index (κ2) is 27.8. The monoisotopic (exact) mass is 1360 g/mol. The smallest absolute Gasteiger partial charge is 0.397 e. The molecule has 0 bridgehead atoms. The summed E-state index contributed by atoms with van der Waals surface area (Å²) in [5, 5.41) is 133. The molecule has 9 fully saturated rings. The Morgan fingerprint density at radius 3 is 1.85 bits per heavy atom. The van der Waals surface area contributed by atoms with E-state index in [0.29, 0.717) is 44.9 Å². The van der Waals surface area contributed by atoms with Gasteiger partial charge in [-0.05, 0) is 94.3 Å². The first-order valence-corrected chi connectivity index (χ1v) is 33.4. The normalized spacial score (nSPS) is 49.7. The van der Waals surface area contributed by atoms with Gasteiger partial charge in [0.05, 0.1) is 50.5 Å². The molecule has 31 nitrogen and oxygen atoms in total. The zero-order valence-corrected chi connectivity index (χ0v) is 54.2. The van der Waals surface area contributed by atoms with Gasteiger partial charge in [0.15, 0.2) is 31.5 Å². The van der Waals surface area contributed by atoms with Crippen molar-refractivity contribution in [3.8, 4) is 0 Å². The van der Waals surface area contributed by atoms with Crippen LogP contribution in [0.25, 0.3) is 0 Å². The second-order valence-electron chi connectivity index (χ2n) is 28.4. The average Bonchev–Trinajstić information content (AvgIpc) is 1.51. The molecule has 32 atom stereocenters. The molecule has 3 saturated carbocycles. The largest absolute Gasteiger partial charge is 0.462 e. The molecule has 6 heterocycles. The molecule has 1 spiro atoms. The number of carbonyl (C=O) groups is 2. The van der Waals surface area contributed by atoms with Crippen LogP contribution in [0.1, 0.15) is 106 Å². The molecule has 532 valence electrons. The standard InChI is InChI=1S/C61H96O31S/c1-25(2)11-10-16-60(8)50-30(82-26(3)65)19-59(7)28-12-13-35-57(4,5)36(15-17-58(35,6)27(28)14-18-61(50,59)56(75)91-60)86-54-48(40(70)34(24-81-54)92-93(76,77)78)90-55-49(89-51-41(71)37(67)29(66)23-80-51)42(72)45(33(22-64)85-55)87-53-44(74)47(39(69)32(21-63)84-53)88-52-43(73)46(79-9)38(68)31(20-62)83-52/h12,27,29-55,62-64,66-74H,1,10-11,13-24H2,2-9H3,(H,76,77,78)/t27-,29+,30-,31+,32+,33+,34+,35-,36?,37-,38+,39+,40-,41+,42-,43+,44+,45+,46-,47-,48+,49+,50?,51-,52-,53-,54-,55-,58+,59-,60-,61?/m0/s1. The maximum atomic E-state index is 14.8. The molecule has 4 aliphatic carbocycles. The van der Waals surface area contributed by atoms with Gasteiger partial charge in [-0.3, -0.25) is 14.1 Å². The highest BCUT2D eigenvalue weighted by molar-refractivity contribution is 7.80. The fourth-order valence-corrected chi connectivity index (χ4v) is 18.3. The zero-order chi connectivity index (χ0) is 68.0. The first kappa shape index (κ1) is 73.1. The van der Waals surface area contributed by atoms with Gasteiger partial charge in [-0.2, -0.15) is 8.42 Å². The third kappa shape index (κ3) is 13.2. The summed E-state index contributed by atoms with van der Waals surface area (Å²) in [7, 11) is -4.17. The molecular weight excluding hydrogens is 1260 g/mol. The molecule has 10 rings (SSSR count). The number of fused-ring (bicyclic) bond motifs is 4. The molecule has 6 aliphatic heterocycles. The molecule has 0 aromatic heterocycles. The molecule has 0 radical (unpaired) electrons. The van der Waals surface area contributed by atoms with Crippen LogP contribution in [-0.2, 0) is 85.8 Å². The molecule has 32 heteroatoms. The Hall–Kier alpha value is -2.63. The minimum absolute atomic E-state index is 0.0414. The number of esters is 2. The maximum absolute atomic E-state index is 14.8. The predicted molar refractivity (Wildman–Crippen MR) is 310 cm³/mol. The van der Waals surface area contributed by atoms with Gasteiger partial charge in [-0.15, -0.1) is 6.58 Å². The molecule has 6 saturated heterocycles. The summed E-state index contributed by atoms with van der Waals surface area (Å²) in [6.07, 6.45) is -37.0. The molecule has 13 N–H and O–H groups in total. The Bertz CT molecular complexity index is 2800. The molecule has 3 unspecified atom stereocenters. The van der Waals surface area contributed by atoms with Crippen molar-refractivity contribution < 1.29 is 150 Å². The van der Waals surface area contributed by atoms with E-state index in [1.807, 2.05) is 27.7 Å². The van der Waals surface area contributed by atoms with E-state index in [-0.39, 0.29) is 17.8 Å². The van der Waals surface area contributed by atoms with Gasteiger partial charge in [-0.25, -0.2) is 4.18 Å². The van der Waals surface area contributed by atoms with Crippen molar-refractivity contribution in [1.82, 2.24) is 0 Å². The highest BCUT2D eigenvalue weighted by Crippen LogP contribution is 2.77. The van der Waals surface area contributed by atoms with Crippen molar-refractivity contribution in [3.63, 3.8) is 0 Å². The Labute approximate surface area is 538 Å². The van der Waals surface area contributed by atoms with Gasteiger partial charge in [-0.1, -0.05) is 44.9 Å². The van der Waals surface area contributed by atoms with Gasteiger partial charge in [0.2, 0.25) is 0 Å². The lowest BCUT2D eigenvalue weighted by Gasteiger charge is -2.64. The van der Waals surface area contributed by atoms with Gasteiger partial charge < -0.3 is 123 Å². The van der Waals surface area contributed by atoms with E-state index < -0.39 is 236 Å². The predicted octanol–water partition coefficient (Wildman–Crippen LogP) is -2.58. The molecule has 0 aromatic carbocycles. The van der Waals surface area contributed by atoms with E-state index >= 15 is 0 Å². The quantitative estimate of drug-likeness (QED) is 0.0319. The first-order valence-electron chi connectivity index (χ1n) is 32.0. The lowest BCUT2D eigenvalue weighted by molar-refractivity contribution is -0.405. The van der Waals surface area contributed by atoms with Gasteiger partial charge >= 0.3 is 22.3 Å². The number of allylic oxidation sites excluding steroid dienone is 3. The molecular formula is C61H96O31S. The van der Waals surface area contributed by atoms with Crippen molar-refractivity contribution in [2.45, 2.75) is 265 Å². The van der Waals surface area contributed by atoms with Crippen molar-refractivity contribution in [1.29, 1.82) is 0 Å². The Morgan fingerprint density at radius 2 is 1.24 bits per heavy atom. The summed E-state index contributed by atoms with van der Waals surface area (Å²) >= 11 is 0. The van der Waals surface area contributed by atoms with Crippen LogP contribution in [0.4, 0.5) is 0 Å². The van der Waals surface area contributed by atoms with Crippen LogP contribution >= 0.6 is 0 Å². The maximum Gasteiger partial charge on any atom is 0.397 e. The number of ether oxygens (including phenoxy) is 13. The second-order valence-corrected chi connectivity index (χ2v) is 29.5. The van der Waals surface area contributed by atoms with E-state index in [9.17, 15) is 83.8 Å². The third-order valence-electron chi connectivity index (χ3n) is 22.4. The van der Waals surface area contributed by atoms with Gasteiger partial charge in [0, 0.05) is 19.4 Å². The lowest BCUT2D eigenvalue weighted by Crippen LogP contribution is -2.68. The lowest BCUT2D eigenvalue weighted by atomic mass is 9.41. The fraction of sp³-hybridized carbons (Fsp3) is 0.902. The summed E-state index contributed by atoms with van der Waals surface area (Å²) < 4.78 is 118. The number of hydrogen-bond donors (Lipinski definition) is 13. The van der Waals surface area contributed by atoms with Crippen molar-refractivity contribution in [2.24, 2.45) is 39.4 Å². The SMILES string of the molecule is C=C(C)CCC[C@]1(C)OC(=O)C23CC[C@H]4C(=CC[C@H]5C(C)(C)C(O[C@@H]6OC[C@@H](OS(=O)(=O)O)[C@H](O)[C@H]6O[C@@H]6O[C@H](CO)[C@@H](O[C@@H]7O[C@H](CO)[C@@H](O)[C@H](O[C@@H]8O[C@H](CO)[C@@H](O)[C@H](OC)[C@H]8O)[C@H]7O)[C@H](O)[C@H]6O[C@@H]6OC[C@@H](O)[C@H](O)[C@H]6O)CC[C@]45C)[C@]2(C)C[C@H](OC(C)=O)C31. The van der Waals surface area contributed by atoms with Crippen molar-refractivity contribution in [3.05, 3.63) is 23.8 Å². The number of aliphatic hydroxyl groups is 12. The summed E-state index contributed by atoms with van der Waals surface area (Å²) in [5.74, 6) is -1.29. The van der Waals surface area contributed by atoms with Crippen molar-refractivity contribution >= 4 is 22.3 Å². The Morgan fingerprint density at radius 1 is 0.656 bits per heavy atom. The Kier molecular flexibility index (Phi) is 21.9.